The average molecular weight is 294 g/mol. The minimum absolute atomic E-state index is 0.237. The lowest BCUT2D eigenvalue weighted by Gasteiger charge is -2.09. The average Bonchev–Trinajstić information content (AvgIpc) is 2.93. The molecule has 0 aliphatic heterocycles. The Morgan fingerprint density at radius 2 is 2.37 bits per heavy atom. The molecule has 1 amide bonds. The number of rotatable bonds is 5. The van der Waals surface area contributed by atoms with Crippen LogP contribution in [0.3, 0.4) is 0 Å². The molecule has 2 rings (SSSR count). The van der Waals surface area contributed by atoms with E-state index in [1.807, 2.05) is 12.1 Å². The zero-order valence-electron chi connectivity index (χ0n) is 10.4. The van der Waals surface area contributed by atoms with E-state index in [0.29, 0.717) is 16.3 Å². The molecule has 0 bridgehead atoms. The van der Waals surface area contributed by atoms with Crippen LogP contribution in [0.25, 0.3) is 0 Å². The second-order valence-electron chi connectivity index (χ2n) is 3.83. The van der Waals surface area contributed by atoms with Crippen LogP contribution in [0.4, 0.5) is 11.4 Å². The number of amides is 1. The molecule has 7 heteroatoms. The summed E-state index contributed by atoms with van der Waals surface area (Å²) < 4.78 is 3.66. The fourth-order valence-corrected chi connectivity index (χ4v) is 2.62. The number of aromatic nitrogens is 2. The molecule has 1 aromatic carbocycles. The third-order valence-electron chi connectivity index (χ3n) is 2.33. The van der Waals surface area contributed by atoms with Crippen LogP contribution >= 0.6 is 23.3 Å². The monoisotopic (exact) mass is 294 g/mol. The molecule has 19 heavy (non-hydrogen) atoms. The summed E-state index contributed by atoms with van der Waals surface area (Å²) >= 11 is 2.79. The van der Waals surface area contributed by atoms with Gasteiger partial charge in [-0.3, -0.25) is 4.79 Å². The first-order valence-corrected chi connectivity index (χ1v) is 7.57. The zero-order valence-corrected chi connectivity index (χ0v) is 12.1. The van der Waals surface area contributed by atoms with E-state index in [2.05, 4.69) is 21.8 Å². The molecule has 0 aliphatic rings. The second-order valence-corrected chi connectivity index (χ2v) is 5.79. The van der Waals surface area contributed by atoms with Crippen LogP contribution in [0.5, 0.6) is 0 Å². The van der Waals surface area contributed by atoms with E-state index in [1.165, 1.54) is 6.20 Å². The summed E-state index contributed by atoms with van der Waals surface area (Å²) in [6.45, 7) is 2.13. The highest BCUT2D eigenvalue weighted by Gasteiger charge is 2.11. The first kappa shape index (κ1) is 13.8. The number of carbonyl (C=O) groups is 1. The van der Waals surface area contributed by atoms with Crippen molar-refractivity contribution < 1.29 is 4.79 Å². The molecule has 1 aromatic heterocycles. The molecule has 0 atom stereocenters. The smallest absolute Gasteiger partial charge is 0.269 e. The van der Waals surface area contributed by atoms with Gasteiger partial charge < -0.3 is 11.1 Å². The summed E-state index contributed by atoms with van der Waals surface area (Å²) in [5.74, 6) is 0.801. The normalized spacial score (nSPS) is 10.4. The number of hydrogen-bond donors (Lipinski definition) is 2. The Bertz CT molecular complexity index is 557. The highest BCUT2D eigenvalue weighted by molar-refractivity contribution is 7.99. The van der Waals surface area contributed by atoms with Gasteiger partial charge in [-0.1, -0.05) is 11.4 Å². The summed E-state index contributed by atoms with van der Waals surface area (Å²) in [6.07, 6.45) is 2.54. The molecule has 1 heterocycles. The number of nitrogens with zero attached hydrogens (tertiary/aromatic N) is 2. The van der Waals surface area contributed by atoms with Gasteiger partial charge in [-0.2, -0.15) is 0 Å². The first-order valence-electron chi connectivity index (χ1n) is 5.81. The molecule has 0 saturated carbocycles. The van der Waals surface area contributed by atoms with E-state index >= 15 is 0 Å². The predicted molar refractivity (Wildman–Crippen MR) is 79.7 cm³/mol. The lowest BCUT2D eigenvalue weighted by molar-refractivity contribution is 0.103. The number of thioether (sulfide) groups is 1. The molecular formula is C12H14N4OS2. The van der Waals surface area contributed by atoms with Crippen molar-refractivity contribution in [3.05, 3.63) is 29.3 Å². The summed E-state index contributed by atoms with van der Waals surface area (Å²) in [5.41, 5.74) is 7.04. The van der Waals surface area contributed by atoms with Crippen LogP contribution in [-0.4, -0.2) is 21.2 Å². The fraction of sp³-hybridized carbons (Fsp3) is 0.250. The van der Waals surface area contributed by atoms with Crippen molar-refractivity contribution in [3.63, 3.8) is 0 Å². The van der Waals surface area contributed by atoms with E-state index in [1.54, 1.807) is 17.8 Å². The predicted octanol–water partition coefficient (Wildman–Crippen LogP) is 2.87. The highest BCUT2D eigenvalue weighted by Crippen LogP contribution is 2.27. The Kier molecular flexibility index (Phi) is 4.75. The Balaban J connectivity index is 2.12. The Hall–Kier alpha value is -1.60. The molecule has 5 nitrogen and oxygen atoms in total. The summed E-state index contributed by atoms with van der Waals surface area (Å²) in [5, 5.41) is 6.42. The number of nitrogens with two attached hydrogens (primary N) is 1. The zero-order chi connectivity index (χ0) is 13.7. The van der Waals surface area contributed by atoms with Crippen molar-refractivity contribution in [2.45, 2.75) is 18.2 Å². The molecule has 3 N–H and O–H groups in total. The van der Waals surface area contributed by atoms with Crippen molar-refractivity contribution in [2.75, 3.05) is 16.8 Å². The van der Waals surface area contributed by atoms with Gasteiger partial charge >= 0.3 is 0 Å². The number of anilines is 2. The number of nitrogens with one attached hydrogen (secondary N) is 1. The molecule has 0 aliphatic carbocycles. The molecule has 0 unspecified atom stereocenters. The molecule has 100 valence electrons. The third kappa shape index (κ3) is 3.68. The fourth-order valence-electron chi connectivity index (χ4n) is 1.40. The van der Waals surface area contributed by atoms with E-state index in [0.717, 1.165) is 28.6 Å². The Morgan fingerprint density at radius 3 is 3.05 bits per heavy atom. The molecule has 0 radical (unpaired) electrons. The van der Waals surface area contributed by atoms with E-state index in [9.17, 15) is 4.79 Å². The van der Waals surface area contributed by atoms with Gasteiger partial charge in [0.2, 0.25) is 0 Å². The van der Waals surface area contributed by atoms with Crippen LogP contribution in [0.2, 0.25) is 0 Å². The molecular weight excluding hydrogens is 280 g/mol. The van der Waals surface area contributed by atoms with Crippen molar-refractivity contribution >= 4 is 40.6 Å². The van der Waals surface area contributed by atoms with Crippen LogP contribution in [0, 0.1) is 0 Å². The highest BCUT2D eigenvalue weighted by atomic mass is 32.2. The maximum atomic E-state index is 11.9. The topological polar surface area (TPSA) is 80.9 Å². The summed E-state index contributed by atoms with van der Waals surface area (Å²) in [6, 6.07) is 5.65. The summed E-state index contributed by atoms with van der Waals surface area (Å²) in [4.78, 5) is 13.5. The van der Waals surface area contributed by atoms with Crippen molar-refractivity contribution in [1.29, 1.82) is 0 Å². The molecule has 0 spiro atoms. The molecule has 0 fully saturated rings. The SMILES string of the molecule is CCCSc1ccc(N)c(NC(=O)c2cnns2)c1. The van der Waals surface area contributed by atoms with Crippen molar-refractivity contribution in [1.82, 2.24) is 9.59 Å². The van der Waals surface area contributed by atoms with E-state index in [4.69, 9.17) is 5.73 Å². The van der Waals surface area contributed by atoms with Gasteiger partial charge in [0.1, 0.15) is 4.88 Å². The minimum atomic E-state index is -0.237. The number of nitrogen functional groups attached to an aromatic ring is 1. The summed E-state index contributed by atoms with van der Waals surface area (Å²) in [7, 11) is 0. The number of carbonyl (C=O) groups excluding carboxylic acids is 1. The number of hydrogen-bond acceptors (Lipinski definition) is 6. The lowest BCUT2D eigenvalue weighted by atomic mass is 10.2. The Labute approximate surface area is 119 Å². The minimum Gasteiger partial charge on any atom is -0.397 e. The van der Waals surface area contributed by atoms with E-state index in [-0.39, 0.29) is 5.91 Å². The van der Waals surface area contributed by atoms with Gasteiger partial charge in [0.15, 0.2) is 0 Å². The van der Waals surface area contributed by atoms with E-state index < -0.39 is 0 Å². The van der Waals surface area contributed by atoms with Crippen LogP contribution < -0.4 is 11.1 Å². The lowest BCUT2D eigenvalue weighted by Crippen LogP contribution is -2.11. The van der Waals surface area contributed by atoms with Gasteiger partial charge in [0, 0.05) is 4.90 Å². The van der Waals surface area contributed by atoms with Gasteiger partial charge in [-0.15, -0.1) is 16.9 Å². The first-order chi connectivity index (χ1) is 9.20. The maximum absolute atomic E-state index is 11.9. The standard InChI is InChI=1S/C12H14N4OS2/c1-2-5-18-8-3-4-9(13)10(6-8)15-12(17)11-7-14-16-19-11/h3-4,6-7H,2,5,13H2,1H3,(H,15,17). The van der Waals surface area contributed by atoms with Crippen LogP contribution in [0.15, 0.2) is 29.3 Å². The van der Waals surface area contributed by atoms with Crippen molar-refractivity contribution in [3.8, 4) is 0 Å². The van der Waals surface area contributed by atoms with Crippen LogP contribution in [0.1, 0.15) is 23.0 Å². The molecule has 0 saturated heterocycles. The third-order valence-corrected chi connectivity index (χ3v) is 4.19. The second kappa shape index (κ2) is 6.53. The molecule has 2 aromatic rings. The largest absolute Gasteiger partial charge is 0.397 e. The number of benzene rings is 1. The van der Waals surface area contributed by atoms with Gasteiger partial charge in [-0.05, 0) is 41.9 Å². The van der Waals surface area contributed by atoms with Gasteiger partial charge in [0.25, 0.3) is 5.91 Å². The maximum Gasteiger partial charge on any atom is 0.269 e. The van der Waals surface area contributed by atoms with Gasteiger partial charge in [0.05, 0.1) is 17.6 Å². The van der Waals surface area contributed by atoms with Crippen LogP contribution in [-0.2, 0) is 0 Å². The Morgan fingerprint density at radius 1 is 1.53 bits per heavy atom. The quantitative estimate of drug-likeness (QED) is 0.654. The van der Waals surface area contributed by atoms with Crippen molar-refractivity contribution in [2.24, 2.45) is 0 Å². The van der Waals surface area contributed by atoms with Gasteiger partial charge in [-0.25, -0.2) is 0 Å².